The number of carbonyl (C=O) groups is 2. The maximum atomic E-state index is 11.8. The number of benzene rings is 1. The molecule has 6 N–H and O–H groups in total. The minimum absolute atomic E-state index is 0.0147. The van der Waals surface area contributed by atoms with E-state index in [0.29, 0.717) is 0 Å². The Kier molecular flexibility index (Phi) is 5.06. The number of anilines is 1. The van der Waals surface area contributed by atoms with Gasteiger partial charge in [0.1, 0.15) is 6.04 Å². The van der Waals surface area contributed by atoms with Crippen molar-refractivity contribution in [3.8, 4) is 5.75 Å². The van der Waals surface area contributed by atoms with Gasteiger partial charge in [0.25, 0.3) is 6.41 Å². The lowest BCUT2D eigenvalue weighted by atomic mass is 10.2. The van der Waals surface area contributed by atoms with E-state index in [4.69, 9.17) is 33.8 Å². The molecule has 1 aromatic rings. The molecule has 120 valence electrons. The van der Waals surface area contributed by atoms with Crippen molar-refractivity contribution in [2.75, 3.05) is 5.01 Å². The summed E-state index contributed by atoms with van der Waals surface area (Å²) in [5.41, 5.74) is 4.93. The summed E-state index contributed by atoms with van der Waals surface area (Å²) in [5.74, 6) is 4.54. The molecule has 0 radical (unpaired) electrons. The predicted molar refractivity (Wildman–Crippen MR) is 79.0 cm³/mol. The molecule has 11 heteroatoms. The van der Waals surface area contributed by atoms with E-state index in [1.165, 1.54) is 12.1 Å². The minimum Gasteiger partial charge on any atom is -0.447 e. The number of aliphatic hydroxyl groups is 1. The molecule has 2 unspecified atom stereocenters. The van der Waals surface area contributed by atoms with Crippen molar-refractivity contribution in [3.05, 3.63) is 22.2 Å². The molecule has 1 aliphatic rings. The van der Waals surface area contributed by atoms with Crippen molar-refractivity contribution < 1.29 is 19.4 Å². The van der Waals surface area contributed by atoms with E-state index >= 15 is 0 Å². The summed E-state index contributed by atoms with van der Waals surface area (Å²) in [4.78, 5) is 23.2. The van der Waals surface area contributed by atoms with E-state index in [9.17, 15) is 14.7 Å². The third kappa shape index (κ3) is 3.40. The van der Waals surface area contributed by atoms with Crippen LogP contribution in [0.3, 0.4) is 0 Å². The Morgan fingerprint density at radius 3 is 2.55 bits per heavy atom. The molecule has 1 aliphatic heterocycles. The number of nitrogens with zero attached hydrogens (tertiary/aromatic N) is 1. The van der Waals surface area contributed by atoms with Gasteiger partial charge in [0, 0.05) is 0 Å². The Morgan fingerprint density at radius 1 is 1.41 bits per heavy atom. The molecule has 2 rings (SSSR count). The molecule has 0 spiro atoms. The van der Waals surface area contributed by atoms with Gasteiger partial charge in [-0.2, -0.15) is 5.43 Å². The van der Waals surface area contributed by atoms with Crippen LogP contribution in [0, 0.1) is 0 Å². The highest BCUT2D eigenvalue weighted by molar-refractivity contribution is 6.37. The summed E-state index contributed by atoms with van der Waals surface area (Å²) >= 11 is 12.1. The molecular formula is C11H13Cl2N5O4. The maximum Gasteiger partial charge on any atom is 0.343 e. The molecule has 1 heterocycles. The van der Waals surface area contributed by atoms with Crippen LogP contribution >= 0.6 is 23.2 Å². The summed E-state index contributed by atoms with van der Waals surface area (Å²) in [6, 6.07) is 1.46. The van der Waals surface area contributed by atoms with Gasteiger partial charge in [-0.25, -0.2) is 15.2 Å². The van der Waals surface area contributed by atoms with Gasteiger partial charge in [0.15, 0.2) is 5.75 Å². The highest BCUT2D eigenvalue weighted by Gasteiger charge is 2.30. The van der Waals surface area contributed by atoms with Crippen molar-refractivity contribution in [1.82, 2.24) is 16.2 Å². The number of urea groups is 1. The first kappa shape index (κ1) is 16.7. The number of amides is 3. The van der Waals surface area contributed by atoms with Gasteiger partial charge in [-0.05, 0) is 19.1 Å². The molecule has 2 atom stereocenters. The molecule has 0 aromatic heterocycles. The molecule has 0 aliphatic carbocycles. The molecule has 22 heavy (non-hydrogen) atoms. The van der Waals surface area contributed by atoms with Gasteiger partial charge in [0.2, 0.25) is 5.91 Å². The fourth-order valence-corrected chi connectivity index (χ4v) is 2.27. The van der Waals surface area contributed by atoms with Crippen molar-refractivity contribution >= 4 is 40.8 Å². The Labute approximate surface area is 135 Å². The lowest BCUT2D eigenvalue weighted by Crippen LogP contribution is -2.63. The van der Waals surface area contributed by atoms with Gasteiger partial charge in [-0.3, -0.25) is 16.0 Å². The van der Waals surface area contributed by atoms with E-state index in [1.54, 1.807) is 6.92 Å². The summed E-state index contributed by atoms with van der Waals surface area (Å²) in [7, 11) is 0. The maximum absolute atomic E-state index is 11.8. The number of hydrogen-bond acceptors (Lipinski definition) is 7. The smallest absolute Gasteiger partial charge is 0.343 e. The number of ether oxygens (including phenoxy) is 1. The van der Waals surface area contributed by atoms with Crippen LogP contribution in [-0.4, -0.2) is 29.5 Å². The zero-order valence-electron chi connectivity index (χ0n) is 11.3. The summed E-state index contributed by atoms with van der Waals surface area (Å²) in [5, 5.41) is 12.6. The number of nitrogens with one attached hydrogen (secondary N) is 3. The number of carbonyl (C=O) groups excluding carboxylic acids is 2. The van der Waals surface area contributed by atoms with Crippen LogP contribution in [0.2, 0.25) is 10.0 Å². The lowest BCUT2D eigenvalue weighted by Gasteiger charge is -2.31. The number of halogens is 2. The van der Waals surface area contributed by atoms with E-state index in [0.717, 1.165) is 5.01 Å². The van der Waals surface area contributed by atoms with Crippen LogP contribution in [0.25, 0.3) is 0 Å². The van der Waals surface area contributed by atoms with Crippen LogP contribution in [-0.2, 0) is 4.79 Å². The van der Waals surface area contributed by atoms with Crippen LogP contribution in [0.1, 0.15) is 6.92 Å². The second-order valence-electron chi connectivity index (χ2n) is 4.36. The second-order valence-corrected chi connectivity index (χ2v) is 5.17. The third-order valence-corrected chi connectivity index (χ3v) is 3.32. The van der Waals surface area contributed by atoms with Crippen molar-refractivity contribution in [3.63, 3.8) is 0 Å². The van der Waals surface area contributed by atoms with Gasteiger partial charge >= 0.3 is 6.03 Å². The fraction of sp³-hybridized carbons (Fsp3) is 0.273. The van der Waals surface area contributed by atoms with Crippen LogP contribution in [0.4, 0.5) is 10.5 Å². The topological polar surface area (TPSA) is 129 Å². The van der Waals surface area contributed by atoms with Crippen molar-refractivity contribution in [2.45, 2.75) is 19.4 Å². The van der Waals surface area contributed by atoms with E-state index < -0.39 is 24.4 Å². The third-order valence-electron chi connectivity index (χ3n) is 2.76. The van der Waals surface area contributed by atoms with E-state index in [1.807, 2.05) is 5.43 Å². The molecule has 0 saturated carbocycles. The molecular weight excluding hydrogens is 337 g/mol. The van der Waals surface area contributed by atoms with Gasteiger partial charge in [-0.1, -0.05) is 23.2 Å². The first-order valence-electron chi connectivity index (χ1n) is 6.04. The van der Waals surface area contributed by atoms with E-state index in [-0.39, 0.29) is 21.5 Å². The van der Waals surface area contributed by atoms with Crippen LogP contribution in [0.15, 0.2) is 12.1 Å². The highest BCUT2D eigenvalue weighted by Crippen LogP contribution is 2.37. The molecule has 1 fully saturated rings. The Hall–Kier alpha value is -1.62. The van der Waals surface area contributed by atoms with Crippen LogP contribution in [0.5, 0.6) is 5.75 Å². The fourth-order valence-electron chi connectivity index (χ4n) is 1.71. The zero-order chi connectivity index (χ0) is 16.4. The molecule has 0 bridgehead atoms. The first-order valence-corrected chi connectivity index (χ1v) is 6.80. The number of nitrogens with two attached hydrogens (primary N) is 1. The molecule has 9 nitrogen and oxygen atoms in total. The number of aliphatic hydroxyl groups excluding tert-OH is 1. The monoisotopic (exact) mass is 349 g/mol. The molecule has 3 amide bonds. The average molecular weight is 350 g/mol. The molecule has 1 saturated heterocycles. The lowest BCUT2D eigenvalue weighted by molar-refractivity contribution is -0.122. The SMILES string of the molecule is CC1NN(c2cc(Cl)c(OC(O)NN)c(Cl)c2)C(=O)NC1=O. The molecule has 1 aromatic carbocycles. The van der Waals surface area contributed by atoms with E-state index in [2.05, 4.69) is 10.7 Å². The zero-order valence-corrected chi connectivity index (χ0v) is 12.8. The van der Waals surface area contributed by atoms with Gasteiger partial charge in [0.05, 0.1) is 15.7 Å². The number of hydrazine groups is 2. The Balaban J connectivity index is 2.30. The minimum atomic E-state index is -1.50. The standard InChI is InChI=1S/C11H13Cl2N5O4/c1-4-9(19)15-10(20)18(17-4)5-2-6(12)8(7(13)3-5)22-11(21)16-14/h2-4,11,16-17,21H,14H2,1H3,(H,15,19,20). The van der Waals surface area contributed by atoms with Crippen LogP contribution < -0.4 is 31.8 Å². The Morgan fingerprint density at radius 2 is 2.00 bits per heavy atom. The number of imide groups is 1. The quantitative estimate of drug-likeness (QED) is 0.295. The first-order chi connectivity index (χ1) is 10.3. The largest absolute Gasteiger partial charge is 0.447 e. The second kappa shape index (κ2) is 6.65. The summed E-state index contributed by atoms with van der Waals surface area (Å²) < 4.78 is 4.99. The Bertz CT molecular complexity index is 591. The van der Waals surface area contributed by atoms with Gasteiger partial charge in [-0.15, -0.1) is 0 Å². The predicted octanol–water partition coefficient (Wildman–Crippen LogP) is 0.0607. The average Bonchev–Trinajstić information content (AvgIpc) is 2.46. The number of hydrogen-bond donors (Lipinski definition) is 5. The summed E-state index contributed by atoms with van der Waals surface area (Å²) in [6.07, 6.45) is -1.50. The van der Waals surface area contributed by atoms with Crippen molar-refractivity contribution in [1.29, 1.82) is 0 Å². The van der Waals surface area contributed by atoms with Gasteiger partial charge < -0.3 is 9.84 Å². The summed E-state index contributed by atoms with van der Waals surface area (Å²) in [6.45, 7) is 1.58. The highest BCUT2D eigenvalue weighted by atomic mass is 35.5. The van der Waals surface area contributed by atoms with Crippen molar-refractivity contribution in [2.24, 2.45) is 5.84 Å². The normalized spacial score (nSPS) is 19.9. The number of rotatable bonds is 4.